The molecule has 0 fully saturated rings. The molecule has 0 aromatic heterocycles. The van der Waals surface area contributed by atoms with Gasteiger partial charge in [-0.05, 0) is 24.1 Å². The van der Waals surface area contributed by atoms with Crippen LogP contribution in [0.3, 0.4) is 0 Å². The van der Waals surface area contributed by atoms with E-state index in [0.717, 1.165) is 17.5 Å². The van der Waals surface area contributed by atoms with E-state index >= 15 is 0 Å². The van der Waals surface area contributed by atoms with Crippen LogP contribution in [0.1, 0.15) is 28.4 Å². The van der Waals surface area contributed by atoms with E-state index in [1.54, 1.807) is 12.1 Å². The van der Waals surface area contributed by atoms with Gasteiger partial charge in [-0.25, -0.2) is 0 Å². The number of amides is 1. The number of terminal acetylenes is 1. The highest BCUT2D eigenvalue weighted by Gasteiger charge is 2.08. The summed E-state index contributed by atoms with van der Waals surface area (Å²) in [5.41, 5.74) is 7.34. The molecule has 2 nitrogen and oxygen atoms in total. The third-order valence-corrected chi connectivity index (χ3v) is 1.95. The molecule has 0 radical (unpaired) electrons. The van der Waals surface area contributed by atoms with E-state index in [9.17, 15) is 4.79 Å². The van der Waals surface area contributed by atoms with Crippen LogP contribution >= 0.6 is 0 Å². The number of rotatable bonds is 2. The molecule has 0 atom stereocenters. The summed E-state index contributed by atoms with van der Waals surface area (Å²) in [7, 11) is 0. The quantitative estimate of drug-likeness (QED) is 0.673. The molecule has 0 heterocycles. The molecule has 0 saturated carbocycles. The molecule has 1 aromatic rings. The first-order chi connectivity index (χ1) is 6.20. The topological polar surface area (TPSA) is 43.1 Å². The fraction of sp³-hybridized carbons (Fsp3) is 0.182. The average molecular weight is 173 g/mol. The standard InChI is InChI=1S/C11H11NO/c1-3-8-6-5-7-10(11(12)13)9(8)4-2/h1,5-7H,4H2,2H3,(H2,12,13). The summed E-state index contributed by atoms with van der Waals surface area (Å²) in [6, 6.07) is 5.25. The van der Waals surface area contributed by atoms with Crippen molar-refractivity contribution in [2.45, 2.75) is 13.3 Å². The first kappa shape index (κ1) is 9.34. The van der Waals surface area contributed by atoms with Crippen LogP contribution in [0.4, 0.5) is 0 Å². The SMILES string of the molecule is C#Cc1cccc(C(N)=O)c1CC. The monoisotopic (exact) mass is 173 g/mol. The molecule has 13 heavy (non-hydrogen) atoms. The third kappa shape index (κ3) is 1.70. The zero-order chi connectivity index (χ0) is 9.84. The summed E-state index contributed by atoms with van der Waals surface area (Å²) in [6.07, 6.45) is 6.01. The lowest BCUT2D eigenvalue weighted by atomic mass is 9.99. The van der Waals surface area contributed by atoms with Crippen molar-refractivity contribution in [3.63, 3.8) is 0 Å². The average Bonchev–Trinajstić information content (AvgIpc) is 2.16. The molecule has 0 unspecified atom stereocenters. The smallest absolute Gasteiger partial charge is 0.249 e. The summed E-state index contributed by atoms with van der Waals surface area (Å²) in [6.45, 7) is 1.95. The van der Waals surface area contributed by atoms with Crippen LogP contribution in [-0.2, 0) is 6.42 Å². The summed E-state index contributed by atoms with van der Waals surface area (Å²) >= 11 is 0. The molecular formula is C11H11NO. The van der Waals surface area contributed by atoms with Crippen molar-refractivity contribution in [3.8, 4) is 12.3 Å². The number of carbonyl (C=O) groups is 1. The molecule has 1 rings (SSSR count). The highest BCUT2D eigenvalue weighted by molar-refractivity contribution is 5.94. The second kappa shape index (κ2) is 3.77. The Balaban J connectivity index is 3.38. The fourth-order valence-corrected chi connectivity index (χ4v) is 1.33. The van der Waals surface area contributed by atoms with E-state index in [-0.39, 0.29) is 0 Å². The molecule has 0 aliphatic heterocycles. The van der Waals surface area contributed by atoms with Crippen LogP contribution in [0.5, 0.6) is 0 Å². The van der Waals surface area contributed by atoms with Crippen LogP contribution in [0.15, 0.2) is 18.2 Å². The summed E-state index contributed by atoms with van der Waals surface area (Å²) < 4.78 is 0. The molecule has 0 saturated heterocycles. The molecular weight excluding hydrogens is 162 g/mol. The van der Waals surface area contributed by atoms with Gasteiger partial charge in [0.2, 0.25) is 5.91 Å². The zero-order valence-electron chi connectivity index (χ0n) is 7.50. The minimum absolute atomic E-state index is 0.422. The van der Waals surface area contributed by atoms with Gasteiger partial charge in [0.25, 0.3) is 0 Å². The van der Waals surface area contributed by atoms with Gasteiger partial charge in [0.1, 0.15) is 0 Å². The first-order valence-electron chi connectivity index (χ1n) is 4.09. The van der Waals surface area contributed by atoms with Gasteiger partial charge in [0, 0.05) is 11.1 Å². The molecule has 1 amide bonds. The van der Waals surface area contributed by atoms with Crippen molar-refractivity contribution >= 4 is 5.91 Å². The Kier molecular flexibility index (Phi) is 2.71. The van der Waals surface area contributed by atoms with Gasteiger partial charge in [-0.2, -0.15) is 0 Å². The summed E-state index contributed by atoms with van der Waals surface area (Å²) in [5.74, 6) is 2.11. The van der Waals surface area contributed by atoms with Crippen molar-refractivity contribution < 1.29 is 4.79 Å². The van der Waals surface area contributed by atoms with E-state index in [2.05, 4.69) is 5.92 Å². The molecule has 0 aliphatic rings. The normalized spacial score (nSPS) is 9.23. The third-order valence-electron chi connectivity index (χ3n) is 1.95. The molecule has 2 N–H and O–H groups in total. The highest BCUT2D eigenvalue weighted by atomic mass is 16.1. The van der Waals surface area contributed by atoms with Crippen LogP contribution in [-0.4, -0.2) is 5.91 Å². The number of nitrogens with two attached hydrogens (primary N) is 1. The Morgan fingerprint density at radius 1 is 1.62 bits per heavy atom. The van der Waals surface area contributed by atoms with Gasteiger partial charge in [-0.1, -0.05) is 18.9 Å². The second-order valence-corrected chi connectivity index (χ2v) is 2.69. The van der Waals surface area contributed by atoms with Crippen LogP contribution in [0.25, 0.3) is 0 Å². The van der Waals surface area contributed by atoms with Gasteiger partial charge < -0.3 is 5.73 Å². The lowest BCUT2D eigenvalue weighted by Crippen LogP contribution is -2.14. The fourth-order valence-electron chi connectivity index (χ4n) is 1.33. The number of hydrogen-bond acceptors (Lipinski definition) is 1. The largest absolute Gasteiger partial charge is 0.366 e. The first-order valence-corrected chi connectivity index (χ1v) is 4.09. The predicted molar refractivity (Wildman–Crippen MR) is 52.3 cm³/mol. The lowest BCUT2D eigenvalue weighted by Gasteiger charge is -2.05. The van der Waals surface area contributed by atoms with Crippen molar-refractivity contribution in [1.82, 2.24) is 0 Å². The number of primary amides is 1. The van der Waals surface area contributed by atoms with Gasteiger partial charge >= 0.3 is 0 Å². The molecule has 0 spiro atoms. The molecule has 0 aliphatic carbocycles. The van der Waals surface area contributed by atoms with Crippen LogP contribution in [0, 0.1) is 12.3 Å². The Hall–Kier alpha value is -1.75. The van der Waals surface area contributed by atoms with E-state index in [4.69, 9.17) is 12.2 Å². The maximum Gasteiger partial charge on any atom is 0.249 e. The predicted octanol–water partition coefficient (Wildman–Crippen LogP) is 1.33. The van der Waals surface area contributed by atoms with Gasteiger partial charge in [0.15, 0.2) is 0 Å². The maximum atomic E-state index is 11.0. The van der Waals surface area contributed by atoms with Crippen molar-refractivity contribution in [2.24, 2.45) is 5.73 Å². The molecule has 0 bridgehead atoms. The highest BCUT2D eigenvalue weighted by Crippen LogP contribution is 2.14. The minimum Gasteiger partial charge on any atom is -0.366 e. The van der Waals surface area contributed by atoms with E-state index in [1.165, 1.54) is 0 Å². The van der Waals surface area contributed by atoms with Crippen molar-refractivity contribution in [3.05, 3.63) is 34.9 Å². The number of benzene rings is 1. The lowest BCUT2D eigenvalue weighted by molar-refractivity contribution is 0.0999. The Morgan fingerprint density at radius 3 is 2.77 bits per heavy atom. The van der Waals surface area contributed by atoms with E-state index < -0.39 is 5.91 Å². The Bertz CT molecular complexity index is 374. The van der Waals surface area contributed by atoms with Gasteiger partial charge in [0.05, 0.1) is 0 Å². The zero-order valence-corrected chi connectivity index (χ0v) is 7.50. The van der Waals surface area contributed by atoms with Crippen molar-refractivity contribution in [1.29, 1.82) is 0 Å². The van der Waals surface area contributed by atoms with Gasteiger partial charge in [-0.3, -0.25) is 4.79 Å². The molecule has 2 heteroatoms. The number of hydrogen-bond donors (Lipinski definition) is 1. The van der Waals surface area contributed by atoms with Crippen LogP contribution < -0.4 is 5.73 Å². The Morgan fingerprint density at radius 2 is 2.31 bits per heavy atom. The summed E-state index contributed by atoms with van der Waals surface area (Å²) in [4.78, 5) is 11.0. The maximum absolute atomic E-state index is 11.0. The van der Waals surface area contributed by atoms with Crippen molar-refractivity contribution in [2.75, 3.05) is 0 Å². The van der Waals surface area contributed by atoms with Gasteiger partial charge in [-0.15, -0.1) is 6.42 Å². The number of carbonyl (C=O) groups excluding carboxylic acids is 1. The second-order valence-electron chi connectivity index (χ2n) is 2.69. The van der Waals surface area contributed by atoms with E-state index in [1.807, 2.05) is 13.0 Å². The molecule has 1 aromatic carbocycles. The van der Waals surface area contributed by atoms with Crippen LogP contribution in [0.2, 0.25) is 0 Å². The Labute approximate surface area is 77.8 Å². The van der Waals surface area contributed by atoms with E-state index in [0.29, 0.717) is 5.56 Å². The minimum atomic E-state index is -0.422. The summed E-state index contributed by atoms with van der Waals surface area (Å²) in [5, 5.41) is 0. The molecule has 66 valence electrons.